The SMILES string of the molecule is Cc1ccc(C(=O)N(C)c2ccccc2C)cc1N. The fourth-order valence-electron chi connectivity index (χ4n) is 2.02. The second-order valence-corrected chi connectivity index (χ2v) is 4.72. The molecule has 2 N–H and O–H groups in total. The van der Waals surface area contributed by atoms with Gasteiger partial charge >= 0.3 is 0 Å². The Labute approximate surface area is 113 Å². The van der Waals surface area contributed by atoms with Crippen LogP contribution in [0.1, 0.15) is 21.5 Å². The maximum atomic E-state index is 12.4. The van der Waals surface area contributed by atoms with Crippen LogP contribution in [0.2, 0.25) is 0 Å². The van der Waals surface area contributed by atoms with Gasteiger partial charge in [-0.25, -0.2) is 0 Å². The van der Waals surface area contributed by atoms with Gasteiger partial charge in [0.05, 0.1) is 0 Å². The number of aryl methyl sites for hydroxylation is 2. The van der Waals surface area contributed by atoms with E-state index in [0.29, 0.717) is 11.3 Å². The topological polar surface area (TPSA) is 46.3 Å². The van der Waals surface area contributed by atoms with Crippen molar-refractivity contribution in [2.45, 2.75) is 13.8 Å². The highest BCUT2D eigenvalue weighted by molar-refractivity contribution is 6.06. The number of rotatable bonds is 2. The highest BCUT2D eigenvalue weighted by atomic mass is 16.2. The molecule has 0 atom stereocenters. The molecule has 0 saturated heterocycles. The summed E-state index contributed by atoms with van der Waals surface area (Å²) >= 11 is 0. The molecule has 19 heavy (non-hydrogen) atoms. The predicted octanol–water partition coefficient (Wildman–Crippen LogP) is 3.16. The van der Waals surface area contributed by atoms with Crippen LogP contribution in [0.5, 0.6) is 0 Å². The lowest BCUT2D eigenvalue weighted by molar-refractivity contribution is 0.0993. The third kappa shape index (κ3) is 2.60. The van der Waals surface area contributed by atoms with E-state index in [1.807, 2.05) is 50.2 Å². The molecule has 0 aliphatic heterocycles. The zero-order valence-corrected chi connectivity index (χ0v) is 11.5. The van der Waals surface area contributed by atoms with E-state index in [4.69, 9.17) is 5.73 Å². The largest absolute Gasteiger partial charge is 0.398 e. The molecular formula is C16H18N2O. The molecule has 0 saturated carbocycles. The molecule has 0 aliphatic carbocycles. The Balaban J connectivity index is 2.34. The van der Waals surface area contributed by atoms with Gasteiger partial charge < -0.3 is 10.6 Å². The summed E-state index contributed by atoms with van der Waals surface area (Å²) in [4.78, 5) is 14.1. The molecule has 0 spiro atoms. The van der Waals surface area contributed by atoms with Crippen molar-refractivity contribution in [2.24, 2.45) is 0 Å². The summed E-state index contributed by atoms with van der Waals surface area (Å²) in [6.45, 7) is 3.91. The van der Waals surface area contributed by atoms with Gasteiger partial charge in [-0.05, 0) is 43.2 Å². The van der Waals surface area contributed by atoms with E-state index in [1.54, 1.807) is 18.0 Å². The first-order valence-electron chi connectivity index (χ1n) is 6.20. The van der Waals surface area contributed by atoms with Crippen molar-refractivity contribution in [2.75, 3.05) is 17.7 Å². The number of nitrogens with zero attached hydrogens (tertiary/aromatic N) is 1. The van der Waals surface area contributed by atoms with Crippen LogP contribution in [0.3, 0.4) is 0 Å². The molecule has 3 nitrogen and oxygen atoms in total. The molecule has 2 aromatic rings. The van der Waals surface area contributed by atoms with Gasteiger partial charge in [0.25, 0.3) is 5.91 Å². The van der Waals surface area contributed by atoms with Crippen molar-refractivity contribution in [3.05, 3.63) is 59.2 Å². The molecule has 1 amide bonds. The van der Waals surface area contributed by atoms with Gasteiger partial charge in [-0.2, -0.15) is 0 Å². The maximum absolute atomic E-state index is 12.4. The number of carbonyl (C=O) groups excluding carboxylic acids is 1. The fourth-order valence-corrected chi connectivity index (χ4v) is 2.02. The van der Waals surface area contributed by atoms with E-state index >= 15 is 0 Å². The van der Waals surface area contributed by atoms with Crippen LogP contribution >= 0.6 is 0 Å². The average molecular weight is 254 g/mol. The van der Waals surface area contributed by atoms with Gasteiger partial charge in [-0.3, -0.25) is 4.79 Å². The minimum absolute atomic E-state index is 0.0546. The zero-order valence-electron chi connectivity index (χ0n) is 11.5. The molecular weight excluding hydrogens is 236 g/mol. The third-order valence-electron chi connectivity index (χ3n) is 3.31. The van der Waals surface area contributed by atoms with E-state index in [-0.39, 0.29) is 5.91 Å². The Kier molecular flexibility index (Phi) is 3.56. The lowest BCUT2D eigenvalue weighted by Gasteiger charge is -2.20. The van der Waals surface area contributed by atoms with Gasteiger partial charge in [-0.1, -0.05) is 24.3 Å². The van der Waals surface area contributed by atoms with E-state index in [2.05, 4.69) is 0 Å². The lowest BCUT2D eigenvalue weighted by Crippen LogP contribution is -2.27. The van der Waals surface area contributed by atoms with Crippen LogP contribution in [0, 0.1) is 13.8 Å². The number of nitrogens with two attached hydrogens (primary N) is 1. The first-order chi connectivity index (χ1) is 9.00. The normalized spacial score (nSPS) is 10.3. The highest BCUT2D eigenvalue weighted by Gasteiger charge is 2.15. The molecule has 2 rings (SSSR count). The van der Waals surface area contributed by atoms with Crippen molar-refractivity contribution in [1.29, 1.82) is 0 Å². The van der Waals surface area contributed by atoms with Gasteiger partial charge in [0.15, 0.2) is 0 Å². The number of hydrogen-bond donors (Lipinski definition) is 1. The first kappa shape index (κ1) is 13.1. The fraction of sp³-hybridized carbons (Fsp3) is 0.188. The number of nitrogen functional groups attached to an aromatic ring is 1. The Hall–Kier alpha value is -2.29. The van der Waals surface area contributed by atoms with Crippen LogP contribution in [-0.2, 0) is 0 Å². The minimum Gasteiger partial charge on any atom is -0.398 e. The van der Waals surface area contributed by atoms with E-state index < -0.39 is 0 Å². The number of para-hydroxylation sites is 1. The summed E-state index contributed by atoms with van der Waals surface area (Å²) in [6, 6.07) is 13.2. The van der Waals surface area contributed by atoms with Crippen molar-refractivity contribution in [3.8, 4) is 0 Å². The molecule has 0 fully saturated rings. The van der Waals surface area contributed by atoms with Crippen molar-refractivity contribution in [3.63, 3.8) is 0 Å². The van der Waals surface area contributed by atoms with Crippen LogP contribution in [0.25, 0.3) is 0 Å². The van der Waals surface area contributed by atoms with Gasteiger partial charge in [0, 0.05) is 24.0 Å². The van der Waals surface area contributed by atoms with Crippen molar-refractivity contribution < 1.29 is 4.79 Å². The summed E-state index contributed by atoms with van der Waals surface area (Å²) in [7, 11) is 1.78. The highest BCUT2D eigenvalue weighted by Crippen LogP contribution is 2.21. The van der Waals surface area contributed by atoms with Crippen LogP contribution < -0.4 is 10.6 Å². The van der Waals surface area contributed by atoms with Crippen molar-refractivity contribution in [1.82, 2.24) is 0 Å². The number of amides is 1. The number of carbonyl (C=O) groups is 1. The zero-order chi connectivity index (χ0) is 14.0. The summed E-state index contributed by atoms with van der Waals surface area (Å²) in [5, 5.41) is 0. The van der Waals surface area contributed by atoms with Gasteiger partial charge in [-0.15, -0.1) is 0 Å². The number of anilines is 2. The quantitative estimate of drug-likeness (QED) is 0.837. The lowest BCUT2D eigenvalue weighted by atomic mass is 10.1. The minimum atomic E-state index is -0.0546. The summed E-state index contributed by atoms with van der Waals surface area (Å²) in [5.74, 6) is -0.0546. The number of hydrogen-bond acceptors (Lipinski definition) is 2. The van der Waals surface area contributed by atoms with Crippen LogP contribution in [0.4, 0.5) is 11.4 Å². The molecule has 2 aromatic carbocycles. The molecule has 0 aliphatic rings. The van der Waals surface area contributed by atoms with E-state index in [9.17, 15) is 4.79 Å². The third-order valence-corrected chi connectivity index (χ3v) is 3.31. The molecule has 0 aromatic heterocycles. The molecule has 0 heterocycles. The second kappa shape index (κ2) is 5.14. The Morgan fingerprint density at radius 2 is 1.74 bits per heavy atom. The number of benzene rings is 2. The maximum Gasteiger partial charge on any atom is 0.258 e. The smallest absolute Gasteiger partial charge is 0.258 e. The Morgan fingerprint density at radius 1 is 1.05 bits per heavy atom. The molecule has 0 radical (unpaired) electrons. The molecule has 0 unspecified atom stereocenters. The van der Waals surface area contributed by atoms with E-state index in [0.717, 1.165) is 16.8 Å². The Morgan fingerprint density at radius 3 is 2.37 bits per heavy atom. The second-order valence-electron chi connectivity index (χ2n) is 4.72. The van der Waals surface area contributed by atoms with E-state index in [1.165, 1.54) is 0 Å². The standard InChI is InChI=1S/C16H18N2O/c1-11-8-9-13(10-14(11)17)16(19)18(3)15-7-5-4-6-12(15)2/h4-10H,17H2,1-3H3. The van der Waals surface area contributed by atoms with Crippen LogP contribution in [0.15, 0.2) is 42.5 Å². The summed E-state index contributed by atoms with van der Waals surface area (Å²) < 4.78 is 0. The van der Waals surface area contributed by atoms with Crippen molar-refractivity contribution >= 4 is 17.3 Å². The predicted molar refractivity (Wildman–Crippen MR) is 79.5 cm³/mol. The monoisotopic (exact) mass is 254 g/mol. The molecule has 0 bridgehead atoms. The average Bonchev–Trinajstić information content (AvgIpc) is 2.41. The summed E-state index contributed by atoms with van der Waals surface area (Å²) in [6.07, 6.45) is 0. The van der Waals surface area contributed by atoms with Crippen LogP contribution in [-0.4, -0.2) is 13.0 Å². The first-order valence-corrected chi connectivity index (χ1v) is 6.20. The Bertz CT molecular complexity index is 620. The van der Waals surface area contributed by atoms with Gasteiger partial charge in [0.1, 0.15) is 0 Å². The van der Waals surface area contributed by atoms with Gasteiger partial charge in [0.2, 0.25) is 0 Å². The molecule has 98 valence electrons. The summed E-state index contributed by atoms with van der Waals surface area (Å²) in [5.41, 5.74) is 10.1. The molecule has 3 heteroatoms.